The Morgan fingerprint density at radius 1 is 1.31 bits per heavy atom. The smallest absolute Gasteiger partial charge is 0.336 e. The summed E-state index contributed by atoms with van der Waals surface area (Å²) in [5.41, 5.74) is 1.54. The molecule has 3 aromatic heterocycles. The Morgan fingerprint density at radius 3 is 3.00 bits per heavy atom. The molecule has 1 aromatic carbocycles. The number of fused-ring (bicyclic) bond motifs is 1. The molecular weight excluding hydrogens is 338 g/mol. The van der Waals surface area contributed by atoms with Gasteiger partial charge in [0.1, 0.15) is 23.4 Å². The highest BCUT2D eigenvalue weighted by molar-refractivity contribution is 5.74. The SMILES string of the molecule is COc1cccc(-n2cc(Cn3ccc4cncnc43)nn2)c1[N+](=O)[O-]. The number of methoxy groups -OCH3 is 1. The van der Waals surface area contributed by atoms with Crippen LogP contribution in [0, 0.1) is 10.1 Å². The third-order valence-electron chi connectivity index (χ3n) is 3.92. The first-order valence-electron chi connectivity index (χ1n) is 7.65. The van der Waals surface area contributed by atoms with Crippen LogP contribution >= 0.6 is 0 Å². The second-order valence-electron chi connectivity index (χ2n) is 5.48. The fourth-order valence-electron chi connectivity index (χ4n) is 2.77. The minimum absolute atomic E-state index is 0.161. The lowest BCUT2D eigenvalue weighted by Crippen LogP contribution is -2.03. The molecule has 0 aliphatic heterocycles. The zero-order chi connectivity index (χ0) is 18.1. The second kappa shape index (κ2) is 6.24. The van der Waals surface area contributed by atoms with Gasteiger partial charge in [-0.3, -0.25) is 10.1 Å². The summed E-state index contributed by atoms with van der Waals surface area (Å²) in [6.45, 7) is 0.429. The topological polar surface area (TPSA) is 114 Å². The molecule has 0 spiro atoms. The van der Waals surface area contributed by atoms with Crippen molar-refractivity contribution >= 4 is 16.7 Å². The zero-order valence-electron chi connectivity index (χ0n) is 13.7. The van der Waals surface area contributed by atoms with Crippen molar-refractivity contribution in [2.45, 2.75) is 6.54 Å². The maximum atomic E-state index is 11.4. The van der Waals surface area contributed by atoms with Gasteiger partial charge >= 0.3 is 5.69 Å². The molecule has 0 saturated carbocycles. The van der Waals surface area contributed by atoms with Gasteiger partial charge in [-0.25, -0.2) is 14.6 Å². The van der Waals surface area contributed by atoms with Crippen molar-refractivity contribution in [3.8, 4) is 11.4 Å². The van der Waals surface area contributed by atoms with Crippen molar-refractivity contribution < 1.29 is 9.66 Å². The van der Waals surface area contributed by atoms with E-state index in [0.29, 0.717) is 12.2 Å². The van der Waals surface area contributed by atoms with Crippen LogP contribution in [-0.2, 0) is 6.54 Å². The number of benzene rings is 1. The largest absolute Gasteiger partial charge is 0.490 e. The number of para-hydroxylation sites is 1. The van der Waals surface area contributed by atoms with Crippen LogP contribution in [0.2, 0.25) is 0 Å². The molecule has 3 heterocycles. The van der Waals surface area contributed by atoms with E-state index in [2.05, 4.69) is 20.3 Å². The van der Waals surface area contributed by atoms with E-state index in [0.717, 1.165) is 11.0 Å². The molecule has 0 fully saturated rings. The quantitative estimate of drug-likeness (QED) is 0.399. The monoisotopic (exact) mass is 351 g/mol. The minimum Gasteiger partial charge on any atom is -0.490 e. The molecule has 10 nitrogen and oxygen atoms in total. The van der Waals surface area contributed by atoms with Crippen molar-refractivity contribution in [2.24, 2.45) is 0 Å². The highest BCUT2D eigenvalue weighted by atomic mass is 16.6. The summed E-state index contributed by atoms with van der Waals surface area (Å²) < 4.78 is 8.37. The Morgan fingerprint density at radius 2 is 2.19 bits per heavy atom. The summed E-state index contributed by atoms with van der Waals surface area (Å²) >= 11 is 0. The molecule has 0 unspecified atom stereocenters. The maximum absolute atomic E-state index is 11.4. The van der Waals surface area contributed by atoms with Gasteiger partial charge in [-0.2, -0.15) is 0 Å². The van der Waals surface area contributed by atoms with E-state index in [4.69, 9.17) is 4.74 Å². The van der Waals surface area contributed by atoms with Crippen molar-refractivity contribution in [1.82, 2.24) is 29.5 Å². The number of rotatable bonds is 5. The minimum atomic E-state index is -0.494. The first kappa shape index (κ1) is 15.7. The molecule has 10 heteroatoms. The number of hydrogen-bond donors (Lipinski definition) is 0. The molecule has 0 N–H and O–H groups in total. The average Bonchev–Trinajstić information content (AvgIpc) is 3.29. The normalized spacial score (nSPS) is 11.0. The first-order valence-corrected chi connectivity index (χ1v) is 7.65. The number of nitrogens with zero attached hydrogens (tertiary/aromatic N) is 7. The van der Waals surface area contributed by atoms with Gasteiger partial charge in [-0.05, 0) is 18.2 Å². The molecule has 4 rings (SSSR count). The summed E-state index contributed by atoms with van der Waals surface area (Å²) in [6.07, 6.45) is 6.74. The van der Waals surface area contributed by atoms with E-state index in [1.165, 1.54) is 24.2 Å². The number of ether oxygens (including phenoxy) is 1. The summed E-state index contributed by atoms with van der Waals surface area (Å²) in [7, 11) is 1.39. The molecule has 0 radical (unpaired) electrons. The molecule has 4 aromatic rings. The van der Waals surface area contributed by atoms with Gasteiger partial charge in [0.25, 0.3) is 0 Å². The van der Waals surface area contributed by atoms with Crippen LogP contribution in [0.25, 0.3) is 16.7 Å². The highest BCUT2D eigenvalue weighted by Gasteiger charge is 2.22. The molecule has 0 aliphatic carbocycles. The molecule has 0 atom stereocenters. The van der Waals surface area contributed by atoms with E-state index >= 15 is 0 Å². The van der Waals surface area contributed by atoms with Crippen molar-refractivity contribution in [2.75, 3.05) is 7.11 Å². The van der Waals surface area contributed by atoms with Crippen molar-refractivity contribution in [1.29, 1.82) is 0 Å². The number of nitro groups is 1. The van der Waals surface area contributed by atoms with Crippen LogP contribution in [0.15, 0.2) is 49.2 Å². The Hall–Kier alpha value is -3.82. The lowest BCUT2D eigenvalue weighted by molar-refractivity contribution is -0.385. The Bertz CT molecular complexity index is 1100. The van der Waals surface area contributed by atoms with Crippen LogP contribution in [-0.4, -0.2) is 41.6 Å². The van der Waals surface area contributed by atoms with Gasteiger partial charge < -0.3 is 9.30 Å². The van der Waals surface area contributed by atoms with Gasteiger partial charge in [-0.1, -0.05) is 11.3 Å². The maximum Gasteiger partial charge on any atom is 0.336 e. The number of nitro benzene ring substituents is 1. The van der Waals surface area contributed by atoms with E-state index in [-0.39, 0.29) is 17.1 Å². The Labute approximate surface area is 146 Å². The highest BCUT2D eigenvalue weighted by Crippen LogP contribution is 2.32. The lowest BCUT2D eigenvalue weighted by Gasteiger charge is -2.06. The van der Waals surface area contributed by atoms with Crippen LogP contribution < -0.4 is 4.74 Å². The third-order valence-corrected chi connectivity index (χ3v) is 3.92. The van der Waals surface area contributed by atoms with E-state index in [1.807, 2.05) is 16.8 Å². The molecule has 130 valence electrons. The summed E-state index contributed by atoms with van der Waals surface area (Å²) in [5, 5.41) is 20.5. The summed E-state index contributed by atoms with van der Waals surface area (Å²) in [5.74, 6) is 0.164. The van der Waals surface area contributed by atoms with Crippen LogP contribution in [0.5, 0.6) is 5.75 Å². The number of aromatic nitrogens is 6. The first-order chi connectivity index (χ1) is 12.7. The van der Waals surface area contributed by atoms with Gasteiger partial charge in [0.2, 0.25) is 0 Å². The predicted molar refractivity (Wildman–Crippen MR) is 91.2 cm³/mol. The predicted octanol–water partition coefficient (Wildman–Crippen LogP) is 1.98. The molecular formula is C16H13N7O3. The van der Waals surface area contributed by atoms with Gasteiger partial charge in [-0.15, -0.1) is 5.10 Å². The standard InChI is InChI=1S/C16H13N7O3/c1-26-14-4-2-3-13(15(14)23(24)25)22-9-12(19-20-22)8-21-6-5-11-7-17-10-18-16(11)21/h2-7,9-10H,8H2,1H3. The van der Waals surface area contributed by atoms with Crippen LogP contribution in [0.3, 0.4) is 0 Å². The van der Waals surface area contributed by atoms with E-state index in [1.54, 1.807) is 24.5 Å². The zero-order valence-corrected chi connectivity index (χ0v) is 13.7. The molecule has 26 heavy (non-hydrogen) atoms. The average molecular weight is 351 g/mol. The molecule has 0 bridgehead atoms. The van der Waals surface area contributed by atoms with Crippen molar-refractivity contribution in [3.05, 3.63) is 65.0 Å². The van der Waals surface area contributed by atoms with Crippen molar-refractivity contribution in [3.63, 3.8) is 0 Å². The number of hydrogen-bond acceptors (Lipinski definition) is 7. The fourth-order valence-corrected chi connectivity index (χ4v) is 2.77. The van der Waals surface area contributed by atoms with E-state index in [9.17, 15) is 10.1 Å². The lowest BCUT2D eigenvalue weighted by atomic mass is 10.2. The molecule has 0 aliphatic rings. The Kier molecular flexibility index (Phi) is 3.77. The summed E-state index contributed by atoms with van der Waals surface area (Å²) in [4.78, 5) is 19.2. The van der Waals surface area contributed by atoms with Crippen LogP contribution in [0.1, 0.15) is 5.69 Å². The van der Waals surface area contributed by atoms with Gasteiger partial charge in [0, 0.05) is 17.8 Å². The summed E-state index contributed by atoms with van der Waals surface area (Å²) in [6, 6.07) is 6.70. The van der Waals surface area contributed by atoms with E-state index < -0.39 is 4.92 Å². The van der Waals surface area contributed by atoms with Gasteiger partial charge in [0.15, 0.2) is 5.75 Å². The third kappa shape index (κ3) is 2.62. The fraction of sp³-hybridized carbons (Fsp3) is 0.125. The second-order valence-corrected chi connectivity index (χ2v) is 5.48. The van der Waals surface area contributed by atoms with Gasteiger partial charge in [0.05, 0.1) is 24.8 Å². The molecule has 0 saturated heterocycles. The molecule has 0 amide bonds. The Balaban J connectivity index is 1.70. The van der Waals surface area contributed by atoms with Crippen LogP contribution in [0.4, 0.5) is 5.69 Å².